The van der Waals surface area contributed by atoms with Crippen LogP contribution >= 0.6 is 0 Å². The maximum Gasteiger partial charge on any atom is 0.317 e. The summed E-state index contributed by atoms with van der Waals surface area (Å²) in [4.78, 5) is 29.5. The second-order valence-electron chi connectivity index (χ2n) is 28.4. The molecule has 5 aliphatic carbocycles. The summed E-state index contributed by atoms with van der Waals surface area (Å²) in [5.74, 6) is -1.99. The van der Waals surface area contributed by atoms with Gasteiger partial charge in [0.15, 0.2) is 31.3 Å². The zero-order valence-electron chi connectivity index (χ0n) is 50.1. The largest absolute Gasteiger partial charge is 0.432 e. The molecule has 0 radical (unpaired) electrons. The maximum atomic E-state index is 15.9. The molecular weight excluding hydrogens is 1160 g/mol. The Labute approximate surface area is 503 Å². The number of fused-ring (bicyclic) bond motifs is 7. The van der Waals surface area contributed by atoms with Crippen LogP contribution in [0.3, 0.4) is 0 Å². The molecule has 10 rings (SSSR count). The Morgan fingerprint density at radius 1 is 0.586 bits per heavy atom. The van der Waals surface area contributed by atoms with Crippen LogP contribution in [0.2, 0.25) is 0 Å². The second kappa shape index (κ2) is 25.0. The highest BCUT2D eigenvalue weighted by molar-refractivity contribution is 5.80. The summed E-state index contributed by atoms with van der Waals surface area (Å²) in [6.07, 6.45) is -37.0. The fraction of sp³-hybridized carbons (Fsp3) is 0.932. The molecule has 10 aliphatic rings. The van der Waals surface area contributed by atoms with E-state index in [1.165, 1.54) is 6.92 Å². The van der Waals surface area contributed by atoms with Gasteiger partial charge in [0.2, 0.25) is 6.29 Å². The van der Waals surface area contributed by atoms with Gasteiger partial charge in [-0.25, -0.2) is 0 Å². The Balaban J connectivity index is 0.954. The number of carbonyl (C=O) groups excluding carboxylic acids is 2. The molecule has 0 aromatic heterocycles. The standard InChI is InChI=1S/C59H94O28/c1-23-34(65)39(70)44(75)49(80-23)85-46-35(66)26(63)20-78-51(46)86-47-42(73)38(69)29(21-79-48-43(74)40(71)36(67)27(18-60)81-48)83-52(47)87-53(77)59-15-14-54(2,3)16-25(59)24-8-9-31-55(4)12-11-33(84-50-45(76)41(72)37(68)28(19-61)82-50)56(5,22-62)30(55)10-13-57(31,6)58(24,7)17-32(59)64/h8,22-23,25-52,60-61,63-76H,9-21H2,1-7H3/t23-,25+,26-,27+,28+,29+,30+,31+,32?,33-,34-,35-,36+,37+,38+,39+,40-,41-,42-,43+,44+,45+,46+,47+,48+,49-,50-,51-,52-,55-,56-,57+,58+,59+/m0/s1. The number of esters is 1. The summed E-state index contributed by atoms with van der Waals surface area (Å²) in [6.45, 7) is 11.1. The maximum absolute atomic E-state index is 15.9. The van der Waals surface area contributed by atoms with Crippen LogP contribution in [-0.2, 0) is 57.0 Å². The lowest BCUT2D eigenvalue weighted by Crippen LogP contribution is -2.69. The van der Waals surface area contributed by atoms with E-state index in [0.29, 0.717) is 44.9 Å². The third-order valence-corrected chi connectivity index (χ3v) is 23.1. The molecule has 0 bridgehead atoms. The number of hydrogen-bond donors (Lipinski definition) is 16. The minimum absolute atomic E-state index is 0.0728. The highest BCUT2D eigenvalue weighted by atomic mass is 16.8. The van der Waals surface area contributed by atoms with E-state index in [-0.39, 0.29) is 30.1 Å². The van der Waals surface area contributed by atoms with Gasteiger partial charge in [-0.1, -0.05) is 53.2 Å². The van der Waals surface area contributed by atoms with E-state index in [0.717, 1.165) is 11.9 Å². The molecule has 34 atom stereocenters. The quantitative estimate of drug-likeness (QED) is 0.0338. The molecule has 0 aromatic rings. The SMILES string of the molecule is C[C@@H]1O[C@@H](O[C@H]2[C@H](O[C@H]3[C@H](OC(=O)[C@]45CCC(C)(C)C[C@@H]4C4=CC[C@@H]6[C@@]7(C)CC[C@H](O[C@@H]8O[C@H](CO)[C@@H](O)[C@H](O)[C@H]8O)[C@@](C)(C=O)[C@@H]7CC[C@@]6(C)[C@]4(C)CC5O)O[C@H](CO[C@@H]4O[C@H](CO)[C@@H](O)[C@H](O)[C@H]4O)[C@@H](O)[C@@H]3O)OC[C@H](O)[C@@H]2O)[C@H](O)[C@H](O)[C@H]1O. The van der Waals surface area contributed by atoms with Crippen molar-refractivity contribution in [3.8, 4) is 0 Å². The lowest BCUT2D eigenvalue weighted by atomic mass is 9.33. The first-order valence-electron chi connectivity index (χ1n) is 30.7. The number of ether oxygens (including phenoxy) is 10. The van der Waals surface area contributed by atoms with Crippen molar-refractivity contribution in [3.05, 3.63) is 11.6 Å². The van der Waals surface area contributed by atoms with Crippen LogP contribution in [0.25, 0.3) is 0 Å². The van der Waals surface area contributed by atoms with Gasteiger partial charge >= 0.3 is 5.97 Å². The average molecular weight is 1250 g/mol. The minimum Gasteiger partial charge on any atom is -0.432 e. The van der Waals surface area contributed by atoms with E-state index in [9.17, 15) is 86.5 Å². The molecule has 1 unspecified atom stereocenters. The van der Waals surface area contributed by atoms with Gasteiger partial charge in [-0.3, -0.25) is 4.79 Å². The van der Waals surface area contributed by atoms with Gasteiger partial charge in [0.1, 0.15) is 115 Å². The molecule has 28 nitrogen and oxygen atoms in total. The molecule has 5 saturated heterocycles. The molecule has 5 heterocycles. The van der Waals surface area contributed by atoms with E-state index in [1.54, 1.807) is 0 Å². The van der Waals surface area contributed by atoms with E-state index in [1.807, 2.05) is 6.92 Å². The zero-order chi connectivity index (χ0) is 63.6. The molecule has 9 fully saturated rings. The number of hydrogen-bond acceptors (Lipinski definition) is 28. The number of rotatable bonds is 14. The Morgan fingerprint density at radius 3 is 1.78 bits per heavy atom. The molecule has 498 valence electrons. The lowest BCUT2D eigenvalue weighted by molar-refractivity contribution is -0.382. The number of carbonyl (C=O) groups is 2. The summed E-state index contributed by atoms with van der Waals surface area (Å²) < 4.78 is 59.8. The minimum atomic E-state index is -2.12. The fourth-order valence-corrected chi connectivity index (χ4v) is 17.5. The number of aldehydes is 1. The Bertz CT molecular complexity index is 2450. The first-order chi connectivity index (χ1) is 40.8. The van der Waals surface area contributed by atoms with E-state index in [2.05, 4.69) is 40.7 Å². The van der Waals surface area contributed by atoms with Gasteiger partial charge in [0, 0.05) is 0 Å². The molecule has 5 aliphatic heterocycles. The van der Waals surface area contributed by atoms with Crippen molar-refractivity contribution >= 4 is 12.3 Å². The van der Waals surface area contributed by atoms with Gasteiger partial charge in [0.05, 0.1) is 50.2 Å². The number of aliphatic hydroxyl groups excluding tert-OH is 16. The van der Waals surface area contributed by atoms with Crippen molar-refractivity contribution < 1.29 is 139 Å². The summed E-state index contributed by atoms with van der Waals surface area (Å²) in [5.41, 5.74) is -4.11. The highest BCUT2D eigenvalue weighted by Gasteiger charge is 2.73. The molecule has 0 aromatic carbocycles. The smallest absolute Gasteiger partial charge is 0.317 e. The Morgan fingerprint density at radius 2 is 1.15 bits per heavy atom. The number of allylic oxidation sites excluding steroid dienone is 2. The van der Waals surface area contributed by atoms with Crippen LogP contribution in [0, 0.1) is 50.2 Å². The lowest BCUT2D eigenvalue weighted by Gasteiger charge is -2.71. The van der Waals surface area contributed by atoms with Crippen LogP contribution in [-0.4, -0.2) is 280 Å². The first kappa shape index (κ1) is 67.8. The molecule has 0 amide bonds. The summed E-state index contributed by atoms with van der Waals surface area (Å²) in [7, 11) is 0. The normalized spacial score (nSPS) is 55.1. The first-order valence-corrected chi connectivity index (χ1v) is 30.7. The van der Waals surface area contributed by atoms with Gasteiger partial charge < -0.3 is 134 Å². The van der Waals surface area contributed by atoms with E-state index in [4.69, 9.17) is 47.4 Å². The summed E-state index contributed by atoms with van der Waals surface area (Å²) in [5, 5.41) is 175. The molecular formula is C59H94O28. The zero-order valence-corrected chi connectivity index (χ0v) is 50.1. The molecule has 4 saturated carbocycles. The van der Waals surface area contributed by atoms with Crippen LogP contribution in [0.4, 0.5) is 0 Å². The summed E-state index contributed by atoms with van der Waals surface area (Å²) in [6, 6.07) is 0. The van der Waals surface area contributed by atoms with Crippen molar-refractivity contribution in [1.82, 2.24) is 0 Å². The second-order valence-corrected chi connectivity index (χ2v) is 28.4. The highest BCUT2D eigenvalue weighted by Crippen LogP contribution is 2.76. The van der Waals surface area contributed by atoms with Gasteiger partial charge in [-0.05, 0) is 104 Å². The topological polar surface area (TPSA) is 450 Å². The van der Waals surface area contributed by atoms with Crippen molar-refractivity contribution in [2.75, 3.05) is 26.4 Å². The van der Waals surface area contributed by atoms with Crippen molar-refractivity contribution in [1.29, 1.82) is 0 Å². The fourth-order valence-electron chi connectivity index (χ4n) is 17.5. The van der Waals surface area contributed by atoms with Crippen LogP contribution in [0.15, 0.2) is 11.6 Å². The van der Waals surface area contributed by atoms with Gasteiger partial charge in [-0.15, -0.1) is 0 Å². The predicted octanol–water partition coefficient (Wildman–Crippen LogP) is -4.39. The third kappa shape index (κ3) is 11.2. The van der Waals surface area contributed by atoms with E-state index >= 15 is 4.79 Å². The van der Waals surface area contributed by atoms with Gasteiger partial charge in [0.25, 0.3) is 0 Å². The Hall–Kier alpha value is -2.12. The average Bonchev–Trinajstić information content (AvgIpc) is 0.704. The van der Waals surface area contributed by atoms with Crippen LogP contribution in [0.5, 0.6) is 0 Å². The van der Waals surface area contributed by atoms with Crippen molar-refractivity contribution in [2.24, 2.45) is 50.2 Å². The predicted molar refractivity (Wildman–Crippen MR) is 290 cm³/mol. The van der Waals surface area contributed by atoms with Crippen LogP contribution < -0.4 is 0 Å². The molecule has 87 heavy (non-hydrogen) atoms. The Kier molecular flexibility index (Phi) is 19.5. The number of aliphatic hydroxyl groups is 16. The monoisotopic (exact) mass is 1250 g/mol. The molecule has 0 spiro atoms. The van der Waals surface area contributed by atoms with Crippen LogP contribution in [0.1, 0.15) is 106 Å². The summed E-state index contributed by atoms with van der Waals surface area (Å²) >= 11 is 0. The van der Waals surface area contributed by atoms with Crippen molar-refractivity contribution in [2.45, 2.75) is 266 Å². The molecule has 16 N–H and O–H groups in total. The van der Waals surface area contributed by atoms with E-state index < -0.39 is 225 Å². The van der Waals surface area contributed by atoms with Gasteiger partial charge in [-0.2, -0.15) is 0 Å². The molecule has 28 heteroatoms. The third-order valence-electron chi connectivity index (χ3n) is 23.1. The van der Waals surface area contributed by atoms with Crippen molar-refractivity contribution in [3.63, 3.8) is 0 Å².